The molecule has 32 heavy (non-hydrogen) atoms. The summed E-state index contributed by atoms with van der Waals surface area (Å²) >= 11 is 6.44. The predicted molar refractivity (Wildman–Crippen MR) is 129 cm³/mol. The first-order valence-electron chi connectivity index (χ1n) is 11.1. The van der Waals surface area contributed by atoms with Crippen molar-refractivity contribution in [3.05, 3.63) is 88.5 Å². The maximum Gasteiger partial charge on any atom is 0.326 e. The van der Waals surface area contributed by atoms with Gasteiger partial charge in [-0.3, -0.25) is 10.1 Å². The monoisotopic (exact) mass is 453 g/mol. The van der Waals surface area contributed by atoms with Gasteiger partial charge in [-0.25, -0.2) is 4.98 Å². The van der Waals surface area contributed by atoms with Crippen molar-refractivity contribution < 1.29 is 9.53 Å². The number of unbranched alkanes of at least 4 members (excludes halogenated alkanes) is 1. The van der Waals surface area contributed by atoms with Crippen molar-refractivity contribution in [2.24, 2.45) is 0 Å². The Balaban J connectivity index is 1.85. The fourth-order valence-electron chi connectivity index (χ4n) is 3.84. The van der Waals surface area contributed by atoms with Crippen molar-refractivity contribution >= 4 is 17.6 Å². The topological polar surface area (TPSA) is 56.1 Å². The van der Waals surface area contributed by atoms with E-state index in [0.717, 1.165) is 46.9 Å². The van der Waals surface area contributed by atoms with Crippen molar-refractivity contribution in [2.75, 3.05) is 7.11 Å². The van der Waals surface area contributed by atoms with E-state index in [2.05, 4.69) is 16.8 Å². The average molecular weight is 454 g/mol. The summed E-state index contributed by atoms with van der Waals surface area (Å²) in [5.74, 6) is 0.746. The Bertz CT molecular complexity index is 1020. The number of nitrogens with zero attached hydrogens (tertiary/aromatic N) is 2. The first-order chi connectivity index (χ1) is 15.5. The lowest BCUT2D eigenvalue weighted by molar-refractivity contribution is -0.148. The predicted octanol–water partition coefficient (Wildman–Crippen LogP) is 5.19. The minimum absolute atomic E-state index is 0.287. The zero-order valence-electron chi connectivity index (χ0n) is 19.1. The van der Waals surface area contributed by atoms with E-state index in [0.29, 0.717) is 19.5 Å². The molecule has 5 nitrogen and oxygen atoms in total. The van der Waals surface area contributed by atoms with Crippen molar-refractivity contribution in [3.63, 3.8) is 0 Å². The van der Waals surface area contributed by atoms with Crippen molar-refractivity contribution in [3.8, 4) is 0 Å². The largest absolute Gasteiger partial charge is 0.468 e. The van der Waals surface area contributed by atoms with Gasteiger partial charge >= 0.3 is 5.97 Å². The number of aromatic nitrogens is 2. The van der Waals surface area contributed by atoms with Gasteiger partial charge in [0.2, 0.25) is 0 Å². The van der Waals surface area contributed by atoms with E-state index >= 15 is 0 Å². The summed E-state index contributed by atoms with van der Waals surface area (Å²) in [4.78, 5) is 17.4. The smallest absolute Gasteiger partial charge is 0.326 e. The number of nitrogens with one attached hydrogen (secondary N) is 1. The summed E-state index contributed by atoms with van der Waals surface area (Å²) in [6.45, 7) is 5.19. The third-order valence-electron chi connectivity index (χ3n) is 5.76. The van der Waals surface area contributed by atoms with E-state index < -0.39 is 5.54 Å². The lowest BCUT2D eigenvalue weighted by Gasteiger charge is -2.28. The average Bonchev–Trinajstić information content (AvgIpc) is 3.19. The minimum atomic E-state index is -0.862. The second-order valence-electron chi connectivity index (χ2n) is 8.29. The number of aryl methyl sites for hydroxylation is 1. The molecule has 6 heteroatoms. The molecule has 1 aromatic heterocycles. The standard InChI is InChI=1S/C26H32ClN3O2/c1-4-5-15-24-28-17-22(30(24)19-21-13-9-10-14-23(21)27)18-29-26(2,25(31)32-3)16-20-11-7-6-8-12-20/h6-14,17,29H,4-5,15-16,18-19H2,1-3H3/t26-/m0/s1. The van der Waals surface area contributed by atoms with Crippen LogP contribution in [0.4, 0.5) is 0 Å². The molecule has 1 atom stereocenters. The van der Waals surface area contributed by atoms with Crippen molar-refractivity contribution in [1.29, 1.82) is 0 Å². The number of hydrogen-bond acceptors (Lipinski definition) is 4. The summed E-state index contributed by atoms with van der Waals surface area (Å²) in [6, 6.07) is 17.8. The van der Waals surface area contributed by atoms with Gasteiger partial charge in [-0.05, 0) is 30.5 Å². The summed E-state index contributed by atoms with van der Waals surface area (Å²) in [5, 5.41) is 4.19. The molecule has 3 aromatic rings. The SMILES string of the molecule is CCCCc1ncc(CN[C@@](C)(Cc2ccccc2)C(=O)OC)n1Cc1ccccc1Cl. The summed E-state index contributed by atoms with van der Waals surface area (Å²) in [6.07, 6.45) is 5.50. The molecule has 0 aliphatic heterocycles. The highest BCUT2D eigenvalue weighted by Gasteiger charge is 2.34. The Labute approximate surface area is 195 Å². The molecule has 0 aliphatic rings. The van der Waals surface area contributed by atoms with Crippen LogP contribution in [-0.4, -0.2) is 28.2 Å². The number of hydrogen-bond donors (Lipinski definition) is 1. The number of benzene rings is 2. The van der Waals surface area contributed by atoms with Crippen LogP contribution < -0.4 is 5.32 Å². The molecule has 3 rings (SSSR count). The molecule has 0 bridgehead atoms. The molecule has 0 unspecified atom stereocenters. The Morgan fingerprint density at radius 1 is 1.16 bits per heavy atom. The van der Waals surface area contributed by atoms with Crippen LogP contribution in [0.1, 0.15) is 49.3 Å². The van der Waals surface area contributed by atoms with Gasteiger partial charge in [-0.15, -0.1) is 0 Å². The van der Waals surface area contributed by atoms with E-state index in [1.807, 2.05) is 67.7 Å². The third-order valence-corrected chi connectivity index (χ3v) is 6.13. The molecular weight excluding hydrogens is 422 g/mol. The van der Waals surface area contributed by atoms with Crippen LogP contribution in [-0.2, 0) is 35.5 Å². The van der Waals surface area contributed by atoms with Crippen LogP contribution in [0.25, 0.3) is 0 Å². The zero-order valence-corrected chi connectivity index (χ0v) is 19.9. The van der Waals surface area contributed by atoms with Crippen LogP contribution in [0, 0.1) is 0 Å². The van der Waals surface area contributed by atoms with Gasteiger partial charge in [0.05, 0.1) is 19.3 Å². The highest BCUT2D eigenvalue weighted by atomic mass is 35.5. The molecule has 170 valence electrons. The first-order valence-corrected chi connectivity index (χ1v) is 11.5. The molecule has 0 saturated heterocycles. The van der Waals surface area contributed by atoms with Gasteiger partial charge in [-0.1, -0.05) is 73.5 Å². The molecular formula is C26H32ClN3O2. The normalized spacial score (nSPS) is 13.0. The van der Waals surface area contributed by atoms with E-state index in [-0.39, 0.29) is 5.97 Å². The van der Waals surface area contributed by atoms with Gasteiger partial charge in [0.15, 0.2) is 0 Å². The Hall–Kier alpha value is -2.63. The summed E-state index contributed by atoms with van der Waals surface area (Å²) < 4.78 is 7.35. The maximum absolute atomic E-state index is 12.7. The van der Waals surface area contributed by atoms with Crippen LogP contribution in [0.5, 0.6) is 0 Å². The van der Waals surface area contributed by atoms with Crippen LogP contribution in [0.3, 0.4) is 0 Å². The molecule has 0 radical (unpaired) electrons. The molecule has 1 N–H and O–H groups in total. The van der Waals surface area contributed by atoms with E-state index in [9.17, 15) is 4.79 Å². The lowest BCUT2D eigenvalue weighted by atomic mass is 9.92. The maximum atomic E-state index is 12.7. The number of carbonyl (C=O) groups is 1. The van der Waals surface area contributed by atoms with Crippen LogP contribution in [0.15, 0.2) is 60.8 Å². The van der Waals surface area contributed by atoms with Gasteiger partial charge in [-0.2, -0.15) is 0 Å². The van der Waals surface area contributed by atoms with Crippen LogP contribution >= 0.6 is 11.6 Å². The van der Waals surface area contributed by atoms with Crippen molar-refractivity contribution in [2.45, 2.75) is 58.2 Å². The van der Waals surface area contributed by atoms with Gasteiger partial charge in [0.25, 0.3) is 0 Å². The number of rotatable bonds is 11. The summed E-state index contributed by atoms with van der Waals surface area (Å²) in [7, 11) is 1.43. The number of imidazole rings is 1. The van der Waals surface area contributed by atoms with Gasteiger partial charge < -0.3 is 9.30 Å². The molecule has 2 aromatic carbocycles. The molecule has 0 spiro atoms. The highest BCUT2D eigenvalue weighted by Crippen LogP contribution is 2.21. The minimum Gasteiger partial charge on any atom is -0.468 e. The number of esters is 1. The Kier molecular flexibility index (Phi) is 8.48. The van der Waals surface area contributed by atoms with Crippen molar-refractivity contribution in [1.82, 2.24) is 14.9 Å². The molecule has 0 amide bonds. The third kappa shape index (κ3) is 5.99. The highest BCUT2D eigenvalue weighted by molar-refractivity contribution is 6.31. The lowest BCUT2D eigenvalue weighted by Crippen LogP contribution is -2.51. The molecule has 1 heterocycles. The number of ether oxygens (including phenoxy) is 1. The zero-order chi connectivity index (χ0) is 23.0. The number of halogens is 1. The molecule has 0 saturated carbocycles. The van der Waals surface area contributed by atoms with Gasteiger partial charge in [0, 0.05) is 30.6 Å². The fourth-order valence-corrected chi connectivity index (χ4v) is 4.04. The summed E-state index contributed by atoms with van der Waals surface area (Å²) in [5.41, 5.74) is 2.27. The Morgan fingerprint density at radius 2 is 1.88 bits per heavy atom. The number of methoxy groups -OCH3 is 1. The van der Waals surface area contributed by atoms with Gasteiger partial charge in [0.1, 0.15) is 11.4 Å². The van der Waals surface area contributed by atoms with E-state index in [4.69, 9.17) is 21.3 Å². The van der Waals surface area contributed by atoms with Crippen LogP contribution in [0.2, 0.25) is 5.02 Å². The Morgan fingerprint density at radius 3 is 2.56 bits per heavy atom. The second-order valence-corrected chi connectivity index (χ2v) is 8.69. The quantitative estimate of drug-likeness (QED) is 0.406. The first kappa shape index (κ1) is 24.0. The fraction of sp³-hybridized carbons (Fsp3) is 0.385. The molecule has 0 fully saturated rings. The number of carbonyl (C=O) groups excluding carboxylic acids is 1. The second kappa shape index (κ2) is 11.3. The molecule has 0 aliphatic carbocycles. The van der Waals surface area contributed by atoms with E-state index in [1.165, 1.54) is 7.11 Å². The van der Waals surface area contributed by atoms with E-state index in [1.54, 1.807) is 0 Å².